The fraction of sp³-hybridized carbons (Fsp3) is 0.0769. The Balaban J connectivity index is 2.37. The lowest BCUT2D eigenvalue weighted by Crippen LogP contribution is -1.76. The molecule has 1 heterocycles. The molecule has 0 saturated heterocycles. The van der Waals surface area contributed by atoms with Crippen molar-refractivity contribution in [2.45, 2.75) is 0 Å². The maximum atomic E-state index is 8.74. The van der Waals surface area contributed by atoms with E-state index in [0.717, 1.165) is 0 Å². The molecular weight excluding hydrogens is 204 g/mol. The lowest BCUT2D eigenvalue weighted by Gasteiger charge is -1.99. The number of benzene rings is 1. The number of thiophene rings is 1. The van der Waals surface area contributed by atoms with E-state index in [4.69, 9.17) is 5.11 Å². The van der Waals surface area contributed by atoms with Crippen LogP contribution in [0, 0.1) is 0 Å². The zero-order valence-electron chi connectivity index (χ0n) is 8.26. The first-order chi connectivity index (χ1) is 7.42. The molecule has 0 bridgehead atoms. The van der Waals surface area contributed by atoms with Crippen LogP contribution >= 0.6 is 11.3 Å². The molecule has 1 nitrogen and oxygen atoms in total. The van der Waals surface area contributed by atoms with Crippen molar-refractivity contribution in [2.24, 2.45) is 0 Å². The Bertz CT molecular complexity index is 443. The zero-order chi connectivity index (χ0) is 10.5. The smallest absolute Gasteiger partial charge is 0.0615 e. The minimum absolute atomic E-state index is 0.0894. The molecule has 0 amide bonds. The van der Waals surface area contributed by atoms with E-state index in [2.05, 4.69) is 23.6 Å². The van der Waals surface area contributed by atoms with E-state index in [-0.39, 0.29) is 6.61 Å². The summed E-state index contributed by atoms with van der Waals surface area (Å²) < 4.78 is 0. The first-order valence-corrected chi connectivity index (χ1v) is 5.70. The molecule has 2 rings (SSSR count). The van der Waals surface area contributed by atoms with Crippen molar-refractivity contribution in [3.05, 3.63) is 52.7 Å². The quantitative estimate of drug-likeness (QED) is 0.833. The first-order valence-electron chi connectivity index (χ1n) is 4.82. The van der Waals surface area contributed by atoms with Crippen LogP contribution in [0.25, 0.3) is 17.2 Å². The van der Waals surface area contributed by atoms with Crippen LogP contribution in [0.3, 0.4) is 0 Å². The molecule has 0 aliphatic heterocycles. The Morgan fingerprint density at radius 1 is 1.13 bits per heavy atom. The van der Waals surface area contributed by atoms with Gasteiger partial charge in [0.1, 0.15) is 0 Å². The van der Waals surface area contributed by atoms with Crippen molar-refractivity contribution in [1.82, 2.24) is 0 Å². The van der Waals surface area contributed by atoms with Gasteiger partial charge in [-0.1, -0.05) is 36.4 Å². The van der Waals surface area contributed by atoms with E-state index < -0.39 is 0 Å². The monoisotopic (exact) mass is 216 g/mol. The van der Waals surface area contributed by atoms with Crippen molar-refractivity contribution >= 4 is 17.4 Å². The van der Waals surface area contributed by atoms with Gasteiger partial charge in [0.05, 0.1) is 6.61 Å². The van der Waals surface area contributed by atoms with Gasteiger partial charge in [0, 0.05) is 4.88 Å². The van der Waals surface area contributed by atoms with Gasteiger partial charge in [0.25, 0.3) is 0 Å². The standard InChI is InChI=1S/C13H12OS/c14-9-4-7-13-12(8-10-15-13)11-5-2-1-3-6-11/h1-8,10,14H,9H2/b7-4-. The molecule has 0 fully saturated rings. The molecule has 0 aliphatic carbocycles. The van der Waals surface area contributed by atoms with E-state index in [1.165, 1.54) is 16.0 Å². The summed E-state index contributed by atoms with van der Waals surface area (Å²) in [7, 11) is 0. The van der Waals surface area contributed by atoms with Crippen LogP contribution in [0.4, 0.5) is 0 Å². The molecule has 0 atom stereocenters. The minimum Gasteiger partial charge on any atom is -0.392 e. The highest BCUT2D eigenvalue weighted by Gasteiger charge is 2.02. The molecule has 0 aliphatic rings. The summed E-state index contributed by atoms with van der Waals surface area (Å²) >= 11 is 1.69. The van der Waals surface area contributed by atoms with Crippen molar-refractivity contribution < 1.29 is 5.11 Å². The molecule has 0 radical (unpaired) electrons. The van der Waals surface area contributed by atoms with E-state index in [1.54, 1.807) is 17.4 Å². The predicted molar refractivity (Wildman–Crippen MR) is 65.9 cm³/mol. The molecule has 76 valence electrons. The van der Waals surface area contributed by atoms with Crippen LogP contribution in [-0.2, 0) is 0 Å². The lowest BCUT2D eigenvalue weighted by atomic mass is 10.1. The molecule has 2 heteroatoms. The topological polar surface area (TPSA) is 20.2 Å². The molecule has 0 spiro atoms. The summed E-state index contributed by atoms with van der Waals surface area (Å²) in [6.07, 6.45) is 3.73. The Hall–Kier alpha value is -1.38. The first kappa shape index (κ1) is 10.1. The summed E-state index contributed by atoms with van der Waals surface area (Å²) in [5.41, 5.74) is 2.45. The highest BCUT2D eigenvalue weighted by Crippen LogP contribution is 2.28. The van der Waals surface area contributed by atoms with Gasteiger partial charge in [0.15, 0.2) is 0 Å². The number of aliphatic hydroxyl groups is 1. The maximum absolute atomic E-state index is 8.74. The van der Waals surface area contributed by atoms with Crippen LogP contribution in [0.15, 0.2) is 47.9 Å². The summed E-state index contributed by atoms with van der Waals surface area (Å²) in [5, 5.41) is 10.8. The van der Waals surface area contributed by atoms with E-state index in [9.17, 15) is 0 Å². The normalized spacial score (nSPS) is 11.0. The highest BCUT2D eigenvalue weighted by molar-refractivity contribution is 7.11. The average Bonchev–Trinajstić information content (AvgIpc) is 2.75. The molecule has 1 aromatic heterocycles. The van der Waals surface area contributed by atoms with Gasteiger partial charge in [-0.15, -0.1) is 11.3 Å². The van der Waals surface area contributed by atoms with Crippen molar-refractivity contribution in [3.63, 3.8) is 0 Å². The Labute approximate surface area is 93.3 Å². The number of hydrogen-bond donors (Lipinski definition) is 1. The van der Waals surface area contributed by atoms with Crippen LogP contribution in [0.5, 0.6) is 0 Å². The van der Waals surface area contributed by atoms with E-state index in [1.807, 2.05) is 24.3 Å². The minimum atomic E-state index is 0.0894. The van der Waals surface area contributed by atoms with Crippen LogP contribution in [0.1, 0.15) is 4.88 Å². The summed E-state index contributed by atoms with van der Waals surface area (Å²) in [4.78, 5) is 1.19. The Kier molecular flexibility index (Phi) is 3.33. The third kappa shape index (κ3) is 2.35. The molecule has 15 heavy (non-hydrogen) atoms. The average molecular weight is 216 g/mol. The largest absolute Gasteiger partial charge is 0.392 e. The molecule has 1 aromatic carbocycles. The lowest BCUT2D eigenvalue weighted by molar-refractivity contribution is 0.343. The predicted octanol–water partition coefficient (Wildman–Crippen LogP) is 3.42. The highest BCUT2D eigenvalue weighted by atomic mass is 32.1. The van der Waals surface area contributed by atoms with Gasteiger partial charge < -0.3 is 5.11 Å². The van der Waals surface area contributed by atoms with Crippen LogP contribution < -0.4 is 0 Å². The second-order valence-corrected chi connectivity index (χ2v) is 4.10. The second kappa shape index (κ2) is 4.91. The van der Waals surface area contributed by atoms with E-state index >= 15 is 0 Å². The fourth-order valence-electron chi connectivity index (χ4n) is 1.47. The number of aliphatic hydroxyl groups excluding tert-OH is 1. The molecule has 0 unspecified atom stereocenters. The van der Waals surface area contributed by atoms with Crippen molar-refractivity contribution in [3.8, 4) is 11.1 Å². The van der Waals surface area contributed by atoms with Gasteiger partial charge in [0.2, 0.25) is 0 Å². The van der Waals surface area contributed by atoms with Gasteiger partial charge >= 0.3 is 0 Å². The van der Waals surface area contributed by atoms with Crippen molar-refractivity contribution in [1.29, 1.82) is 0 Å². The number of hydrogen-bond acceptors (Lipinski definition) is 2. The third-order valence-electron chi connectivity index (χ3n) is 2.15. The van der Waals surface area contributed by atoms with Gasteiger partial charge in [-0.3, -0.25) is 0 Å². The molecule has 1 N–H and O–H groups in total. The SMILES string of the molecule is OC/C=C\c1sccc1-c1ccccc1. The Morgan fingerprint density at radius 2 is 1.93 bits per heavy atom. The summed E-state index contributed by atoms with van der Waals surface area (Å²) in [6, 6.07) is 12.4. The molecule has 0 saturated carbocycles. The molecular formula is C13H12OS. The third-order valence-corrected chi connectivity index (χ3v) is 3.04. The Morgan fingerprint density at radius 3 is 2.67 bits per heavy atom. The van der Waals surface area contributed by atoms with Gasteiger partial charge in [-0.05, 0) is 28.6 Å². The summed E-state index contributed by atoms with van der Waals surface area (Å²) in [5.74, 6) is 0. The second-order valence-electron chi connectivity index (χ2n) is 3.15. The summed E-state index contributed by atoms with van der Waals surface area (Å²) in [6.45, 7) is 0.0894. The fourth-order valence-corrected chi connectivity index (χ4v) is 2.30. The zero-order valence-corrected chi connectivity index (χ0v) is 9.08. The maximum Gasteiger partial charge on any atom is 0.0615 e. The molecule has 2 aromatic rings. The number of rotatable bonds is 3. The van der Waals surface area contributed by atoms with E-state index in [0.29, 0.717) is 0 Å². The van der Waals surface area contributed by atoms with Gasteiger partial charge in [-0.2, -0.15) is 0 Å². The van der Waals surface area contributed by atoms with Crippen LogP contribution in [0.2, 0.25) is 0 Å². The van der Waals surface area contributed by atoms with Gasteiger partial charge in [-0.25, -0.2) is 0 Å². The van der Waals surface area contributed by atoms with Crippen molar-refractivity contribution in [2.75, 3.05) is 6.61 Å². The van der Waals surface area contributed by atoms with Crippen LogP contribution in [-0.4, -0.2) is 11.7 Å².